The van der Waals surface area contributed by atoms with Gasteiger partial charge in [-0.1, -0.05) is 45.0 Å². The summed E-state index contributed by atoms with van der Waals surface area (Å²) in [6, 6.07) is 12.1. The van der Waals surface area contributed by atoms with Gasteiger partial charge in [0.05, 0.1) is 18.8 Å². The predicted molar refractivity (Wildman–Crippen MR) is 124 cm³/mol. The quantitative estimate of drug-likeness (QED) is 0.579. The van der Waals surface area contributed by atoms with E-state index in [4.69, 9.17) is 4.74 Å². The van der Waals surface area contributed by atoms with Gasteiger partial charge >= 0.3 is 0 Å². The molecule has 2 aromatic carbocycles. The topological polar surface area (TPSA) is 70.6 Å². The van der Waals surface area contributed by atoms with Gasteiger partial charge in [0.2, 0.25) is 5.91 Å². The molecule has 3 rings (SSSR count). The molecule has 1 amide bonds. The molecule has 32 heavy (non-hydrogen) atoms. The Morgan fingerprint density at radius 1 is 1.22 bits per heavy atom. The first kappa shape index (κ1) is 24.2. The molecule has 0 fully saturated rings. The number of aliphatic hydroxyl groups excluding tert-OH is 1. The summed E-state index contributed by atoms with van der Waals surface area (Å²) in [6.07, 6.45) is 1.29. The van der Waals surface area contributed by atoms with Crippen molar-refractivity contribution in [2.24, 2.45) is 5.41 Å². The first-order valence-corrected chi connectivity index (χ1v) is 11.3. The van der Waals surface area contributed by atoms with Gasteiger partial charge in [-0.05, 0) is 47.6 Å². The molecule has 5 nitrogen and oxygen atoms in total. The lowest BCUT2D eigenvalue weighted by Crippen LogP contribution is -2.48. The second-order valence-corrected chi connectivity index (χ2v) is 9.92. The van der Waals surface area contributed by atoms with Gasteiger partial charge in [0.15, 0.2) is 0 Å². The molecule has 1 aliphatic heterocycles. The summed E-state index contributed by atoms with van der Waals surface area (Å²) in [5.41, 5.74) is 3.28. The van der Waals surface area contributed by atoms with Crippen LogP contribution in [0.25, 0.3) is 0 Å². The molecule has 0 spiro atoms. The van der Waals surface area contributed by atoms with Crippen molar-refractivity contribution in [2.75, 3.05) is 13.2 Å². The average Bonchev–Trinajstić information content (AvgIpc) is 2.70. The number of hydrogen-bond donors (Lipinski definition) is 3. The third kappa shape index (κ3) is 7.04. The third-order valence-electron chi connectivity index (χ3n) is 5.62. The van der Waals surface area contributed by atoms with Crippen molar-refractivity contribution >= 4 is 5.91 Å². The molecule has 6 heteroatoms. The maximum atomic E-state index is 13.6. The van der Waals surface area contributed by atoms with Crippen LogP contribution in [0.1, 0.15) is 56.8 Å². The number of carbonyl (C=O) groups is 1. The van der Waals surface area contributed by atoms with Crippen LogP contribution in [0.3, 0.4) is 0 Å². The molecule has 3 atom stereocenters. The number of benzene rings is 2. The van der Waals surface area contributed by atoms with E-state index >= 15 is 0 Å². The molecule has 0 radical (unpaired) electrons. The average molecular weight is 443 g/mol. The number of rotatable bonds is 8. The molecule has 0 aromatic heterocycles. The Kier molecular flexibility index (Phi) is 7.91. The van der Waals surface area contributed by atoms with Gasteiger partial charge in [-0.25, -0.2) is 4.39 Å². The van der Waals surface area contributed by atoms with E-state index in [2.05, 4.69) is 43.5 Å². The van der Waals surface area contributed by atoms with Gasteiger partial charge in [0.25, 0.3) is 0 Å². The van der Waals surface area contributed by atoms with E-state index in [1.807, 2.05) is 6.07 Å². The van der Waals surface area contributed by atoms with Crippen LogP contribution in [0.5, 0.6) is 5.75 Å². The van der Waals surface area contributed by atoms with Crippen LogP contribution in [-0.4, -0.2) is 36.3 Å². The molecule has 0 saturated carbocycles. The van der Waals surface area contributed by atoms with Crippen molar-refractivity contribution in [3.05, 3.63) is 65.0 Å². The molecule has 3 N–H and O–H groups in total. The molecule has 2 aromatic rings. The molecule has 1 unspecified atom stereocenters. The summed E-state index contributed by atoms with van der Waals surface area (Å²) in [5.74, 6) is 0.314. The zero-order valence-corrected chi connectivity index (χ0v) is 19.5. The number of amides is 1. The highest BCUT2D eigenvalue weighted by Crippen LogP contribution is 2.34. The minimum absolute atomic E-state index is 0.0560. The van der Waals surface area contributed by atoms with Crippen molar-refractivity contribution in [1.82, 2.24) is 10.6 Å². The van der Waals surface area contributed by atoms with E-state index in [9.17, 15) is 14.3 Å². The van der Waals surface area contributed by atoms with Crippen LogP contribution in [0, 0.1) is 11.2 Å². The second kappa shape index (κ2) is 10.5. The largest absolute Gasteiger partial charge is 0.493 e. The standard InChI is InChI=1S/C26H35FN2O3/c1-17(30)29-23(14-18-6-5-7-20(27)12-18)24(31)16-28-22-10-11-32-25-9-8-19(13-21(22)25)15-26(2,3)4/h5-9,12-13,22-24,28,31H,10-11,14-16H2,1-4H3,(H,29,30)/t22-,23-,24?/m0/s1. The van der Waals surface area contributed by atoms with Crippen LogP contribution >= 0.6 is 0 Å². The van der Waals surface area contributed by atoms with Gasteiger partial charge in [-0.2, -0.15) is 0 Å². The van der Waals surface area contributed by atoms with E-state index in [0.717, 1.165) is 29.7 Å². The van der Waals surface area contributed by atoms with Gasteiger partial charge in [-0.3, -0.25) is 4.79 Å². The maximum absolute atomic E-state index is 13.6. The van der Waals surface area contributed by atoms with Gasteiger partial charge in [-0.15, -0.1) is 0 Å². The number of halogens is 1. The highest BCUT2D eigenvalue weighted by atomic mass is 19.1. The first-order valence-electron chi connectivity index (χ1n) is 11.3. The lowest BCUT2D eigenvalue weighted by Gasteiger charge is -2.30. The first-order chi connectivity index (χ1) is 15.1. The lowest BCUT2D eigenvalue weighted by molar-refractivity contribution is -0.120. The third-order valence-corrected chi connectivity index (χ3v) is 5.62. The van der Waals surface area contributed by atoms with E-state index < -0.39 is 12.1 Å². The zero-order chi connectivity index (χ0) is 23.3. The van der Waals surface area contributed by atoms with Crippen LogP contribution in [0.15, 0.2) is 42.5 Å². The van der Waals surface area contributed by atoms with Crippen molar-refractivity contribution in [3.63, 3.8) is 0 Å². The normalized spacial score (nSPS) is 17.8. The van der Waals surface area contributed by atoms with E-state index in [1.54, 1.807) is 12.1 Å². The van der Waals surface area contributed by atoms with Crippen LogP contribution in [0.4, 0.5) is 4.39 Å². The Bertz CT molecular complexity index is 926. The summed E-state index contributed by atoms with van der Waals surface area (Å²) in [7, 11) is 0. The van der Waals surface area contributed by atoms with Crippen molar-refractivity contribution < 1.29 is 19.0 Å². The van der Waals surface area contributed by atoms with Crippen LogP contribution < -0.4 is 15.4 Å². The molecule has 174 valence electrons. The molecule has 0 saturated heterocycles. The fourth-order valence-corrected chi connectivity index (χ4v) is 4.25. The summed E-state index contributed by atoms with van der Waals surface area (Å²) in [4.78, 5) is 11.7. The molecule has 0 bridgehead atoms. The summed E-state index contributed by atoms with van der Waals surface area (Å²) in [5, 5.41) is 17.1. The van der Waals surface area contributed by atoms with E-state index in [0.29, 0.717) is 19.6 Å². The smallest absolute Gasteiger partial charge is 0.217 e. The Hall–Kier alpha value is -2.44. The Balaban J connectivity index is 1.69. The second-order valence-electron chi connectivity index (χ2n) is 9.92. The van der Waals surface area contributed by atoms with E-state index in [1.165, 1.54) is 24.6 Å². The highest BCUT2D eigenvalue weighted by Gasteiger charge is 2.26. The molecule has 1 aliphatic rings. The fraction of sp³-hybridized carbons (Fsp3) is 0.500. The Morgan fingerprint density at radius 2 is 2.00 bits per heavy atom. The zero-order valence-electron chi connectivity index (χ0n) is 19.5. The van der Waals surface area contributed by atoms with Gasteiger partial charge in [0.1, 0.15) is 11.6 Å². The summed E-state index contributed by atoms with van der Waals surface area (Å²) in [6.45, 7) is 8.98. The van der Waals surface area contributed by atoms with Crippen molar-refractivity contribution in [2.45, 2.75) is 65.1 Å². The van der Waals surface area contributed by atoms with Crippen molar-refractivity contribution in [3.8, 4) is 5.75 Å². The Morgan fingerprint density at radius 3 is 2.69 bits per heavy atom. The number of carbonyl (C=O) groups excluding carboxylic acids is 1. The molecule has 0 aliphatic carbocycles. The summed E-state index contributed by atoms with van der Waals surface area (Å²) < 4.78 is 19.4. The molecular formula is C26H35FN2O3. The predicted octanol–water partition coefficient (Wildman–Crippen LogP) is 3.94. The molecule has 1 heterocycles. The minimum atomic E-state index is -0.828. The SMILES string of the molecule is CC(=O)N[C@@H](Cc1cccc(F)c1)C(O)CN[C@H]1CCOc2ccc(CC(C)(C)C)cc21. The molecular weight excluding hydrogens is 407 g/mol. The van der Waals surface area contributed by atoms with Crippen molar-refractivity contribution in [1.29, 1.82) is 0 Å². The summed E-state index contributed by atoms with van der Waals surface area (Å²) >= 11 is 0. The van der Waals surface area contributed by atoms with Gasteiger partial charge in [0, 0.05) is 31.5 Å². The fourth-order valence-electron chi connectivity index (χ4n) is 4.25. The number of nitrogens with one attached hydrogen (secondary N) is 2. The Labute approximate surface area is 190 Å². The lowest BCUT2D eigenvalue weighted by atomic mass is 9.86. The van der Waals surface area contributed by atoms with Crippen LogP contribution in [-0.2, 0) is 17.6 Å². The number of hydrogen-bond acceptors (Lipinski definition) is 4. The number of ether oxygens (including phenoxy) is 1. The van der Waals surface area contributed by atoms with E-state index in [-0.39, 0.29) is 23.2 Å². The van der Waals surface area contributed by atoms with Crippen LogP contribution in [0.2, 0.25) is 0 Å². The monoisotopic (exact) mass is 442 g/mol. The minimum Gasteiger partial charge on any atom is -0.493 e. The highest BCUT2D eigenvalue weighted by molar-refractivity contribution is 5.73. The maximum Gasteiger partial charge on any atom is 0.217 e. The van der Waals surface area contributed by atoms with Gasteiger partial charge < -0.3 is 20.5 Å². The number of aliphatic hydroxyl groups is 1. The number of fused-ring (bicyclic) bond motifs is 1.